The van der Waals surface area contributed by atoms with Crippen LogP contribution in [0.5, 0.6) is 0 Å². The van der Waals surface area contributed by atoms with Gasteiger partial charge in [-0.15, -0.1) is 0 Å². The third-order valence-corrected chi connectivity index (χ3v) is 4.16. The molecule has 1 saturated heterocycles. The highest BCUT2D eigenvalue weighted by Gasteiger charge is 2.35. The minimum atomic E-state index is -1.18. The number of carboxylic acid groups (broad SMARTS) is 1. The quantitative estimate of drug-likeness (QED) is 0.871. The summed E-state index contributed by atoms with van der Waals surface area (Å²) in [7, 11) is 0. The topological polar surface area (TPSA) is 88.8 Å². The molecule has 2 N–H and O–H groups in total. The maximum atomic E-state index is 12.1. The maximum absolute atomic E-state index is 12.1. The summed E-state index contributed by atoms with van der Waals surface area (Å²) in [5.74, 6) is -1.77. The normalized spacial score (nSPS) is 21.0. The summed E-state index contributed by atoms with van der Waals surface area (Å²) in [5, 5.41) is 11.7. The van der Waals surface area contributed by atoms with Gasteiger partial charge in [-0.3, -0.25) is 4.79 Å². The molecule has 116 valence electrons. The molecule has 1 atom stereocenters. The average molecular weight is 295 g/mol. The van der Waals surface area contributed by atoms with E-state index in [2.05, 4.69) is 19.2 Å². The van der Waals surface area contributed by atoms with E-state index in [-0.39, 0.29) is 29.1 Å². The molecule has 21 heavy (non-hydrogen) atoms. The highest BCUT2D eigenvalue weighted by atomic mass is 16.5. The number of carboxylic acids is 1. The second kappa shape index (κ2) is 6.30. The Hall–Kier alpha value is -1.82. The van der Waals surface area contributed by atoms with E-state index in [1.165, 1.54) is 12.1 Å². The van der Waals surface area contributed by atoms with E-state index < -0.39 is 5.97 Å². The third-order valence-electron chi connectivity index (χ3n) is 4.16. The van der Waals surface area contributed by atoms with Crippen LogP contribution in [0.1, 0.15) is 60.6 Å². The second-order valence-electron chi connectivity index (χ2n) is 5.37. The molecule has 0 aliphatic carbocycles. The van der Waals surface area contributed by atoms with Gasteiger partial charge in [0.25, 0.3) is 5.91 Å². The Morgan fingerprint density at radius 3 is 2.57 bits per heavy atom. The molecule has 1 fully saturated rings. The molecule has 2 heterocycles. The summed E-state index contributed by atoms with van der Waals surface area (Å²) in [6.45, 7) is 4.78. The van der Waals surface area contributed by atoms with Crippen molar-refractivity contribution in [2.45, 2.75) is 51.2 Å². The van der Waals surface area contributed by atoms with Gasteiger partial charge in [-0.1, -0.05) is 13.8 Å². The van der Waals surface area contributed by atoms with E-state index in [0.29, 0.717) is 6.61 Å². The molecule has 0 aromatic carbocycles. The highest BCUT2D eigenvalue weighted by Crippen LogP contribution is 2.31. The van der Waals surface area contributed by atoms with Gasteiger partial charge < -0.3 is 19.6 Å². The van der Waals surface area contributed by atoms with Gasteiger partial charge in [0.05, 0.1) is 5.60 Å². The van der Waals surface area contributed by atoms with Crippen LogP contribution in [0, 0.1) is 0 Å². The van der Waals surface area contributed by atoms with Crippen molar-refractivity contribution >= 4 is 11.9 Å². The summed E-state index contributed by atoms with van der Waals surface area (Å²) in [4.78, 5) is 22.8. The molecule has 0 radical (unpaired) electrons. The predicted molar refractivity (Wildman–Crippen MR) is 75.4 cm³/mol. The van der Waals surface area contributed by atoms with Crippen molar-refractivity contribution < 1.29 is 23.8 Å². The summed E-state index contributed by atoms with van der Waals surface area (Å²) < 4.78 is 10.9. The summed E-state index contributed by atoms with van der Waals surface area (Å²) in [6, 6.07) is 2.68. The standard InChI is InChI=1S/C15H21NO5/c1-3-15(4-2)9-10(7-8-20-15)16-13(17)11-5-6-12(21-11)14(18)19/h5-6,10H,3-4,7-9H2,1-2H3,(H,16,17)(H,18,19). The van der Waals surface area contributed by atoms with Gasteiger partial charge in [0.1, 0.15) is 0 Å². The van der Waals surface area contributed by atoms with E-state index in [1.807, 2.05) is 0 Å². The van der Waals surface area contributed by atoms with Crippen molar-refractivity contribution in [1.29, 1.82) is 0 Å². The fourth-order valence-electron chi connectivity index (χ4n) is 2.73. The third kappa shape index (κ3) is 3.44. The first-order chi connectivity index (χ1) is 9.99. The lowest BCUT2D eigenvalue weighted by molar-refractivity contribution is -0.0918. The maximum Gasteiger partial charge on any atom is 0.371 e. The van der Waals surface area contributed by atoms with Crippen molar-refractivity contribution in [3.63, 3.8) is 0 Å². The SMILES string of the molecule is CCC1(CC)CC(NC(=O)c2ccc(C(=O)O)o2)CCO1. The Morgan fingerprint density at radius 1 is 1.33 bits per heavy atom. The Morgan fingerprint density at radius 2 is 2.00 bits per heavy atom. The van der Waals surface area contributed by atoms with Gasteiger partial charge in [-0.05, 0) is 37.8 Å². The van der Waals surface area contributed by atoms with Crippen LogP contribution in [0.3, 0.4) is 0 Å². The number of hydrogen-bond acceptors (Lipinski definition) is 4. The van der Waals surface area contributed by atoms with Crippen LogP contribution in [0.2, 0.25) is 0 Å². The Balaban J connectivity index is 2.00. The number of nitrogens with one attached hydrogen (secondary N) is 1. The Labute approximate surface area is 123 Å². The first-order valence-corrected chi connectivity index (χ1v) is 7.27. The largest absolute Gasteiger partial charge is 0.475 e. The molecule has 1 amide bonds. The van der Waals surface area contributed by atoms with Crippen LogP contribution < -0.4 is 5.32 Å². The monoisotopic (exact) mass is 295 g/mol. The summed E-state index contributed by atoms with van der Waals surface area (Å²) in [6.07, 6.45) is 3.32. The molecular weight excluding hydrogens is 274 g/mol. The number of carbonyl (C=O) groups excluding carboxylic acids is 1. The molecular formula is C15H21NO5. The van der Waals surface area contributed by atoms with Crippen LogP contribution >= 0.6 is 0 Å². The van der Waals surface area contributed by atoms with Gasteiger partial charge in [0, 0.05) is 12.6 Å². The van der Waals surface area contributed by atoms with Crippen LogP contribution in [-0.4, -0.2) is 35.2 Å². The van der Waals surface area contributed by atoms with Gasteiger partial charge >= 0.3 is 5.97 Å². The van der Waals surface area contributed by atoms with Crippen molar-refractivity contribution in [2.24, 2.45) is 0 Å². The number of aromatic carboxylic acids is 1. The fraction of sp³-hybridized carbons (Fsp3) is 0.600. The minimum Gasteiger partial charge on any atom is -0.475 e. The number of carbonyl (C=O) groups is 2. The average Bonchev–Trinajstić information content (AvgIpc) is 2.97. The molecule has 1 unspecified atom stereocenters. The lowest BCUT2D eigenvalue weighted by Gasteiger charge is -2.40. The molecule has 1 aromatic heterocycles. The predicted octanol–water partition coefficient (Wildman–Crippen LogP) is 2.45. The Kier molecular flexibility index (Phi) is 4.67. The highest BCUT2D eigenvalue weighted by molar-refractivity contribution is 5.93. The van der Waals surface area contributed by atoms with Crippen LogP contribution in [-0.2, 0) is 4.74 Å². The molecule has 0 spiro atoms. The van der Waals surface area contributed by atoms with Crippen molar-refractivity contribution in [1.82, 2.24) is 5.32 Å². The zero-order valence-electron chi connectivity index (χ0n) is 12.3. The Bertz CT molecular complexity index is 518. The zero-order valence-corrected chi connectivity index (χ0v) is 12.3. The van der Waals surface area contributed by atoms with E-state index in [1.54, 1.807) is 0 Å². The summed E-state index contributed by atoms with van der Waals surface area (Å²) in [5.41, 5.74) is -0.175. The van der Waals surface area contributed by atoms with Crippen molar-refractivity contribution in [3.8, 4) is 0 Å². The second-order valence-corrected chi connectivity index (χ2v) is 5.37. The molecule has 6 heteroatoms. The molecule has 6 nitrogen and oxygen atoms in total. The molecule has 1 aromatic rings. The van der Waals surface area contributed by atoms with E-state index in [0.717, 1.165) is 25.7 Å². The van der Waals surface area contributed by atoms with Gasteiger partial charge in [0.2, 0.25) is 5.76 Å². The summed E-state index contributed by atoms with van der Waals surface area (Å²) >= 11 is 0. The van der Waals surface area contributed by atoms with Crippen molar-refractivity contribution in [3.05, 3.63) is 23.7 Å². The minimum absolute atomic E-state index is 0.0181. The zero-order chi connectivity index (χ0) is 15.5. The number of amides is 1. The number of hydrogen-bond donors (Lipinski definition) is 2. The lowest BCUT2D eigenvalue weighted by Crippen LogP contribution is -2.48. The van der Waals surface area contributed by atoms with E-state index in [4.69, 9.17) is 14.3 Å². The van der Waals surface area contributed by atoms with Crippen LogP contribution in [0.4, 0.5) is 0 Å². The van der Waals surface area contributed by atoms with Crippen molar-refractivity contribution in [2.75, 3.05) is 6.61 Å². The number of ether oxygens (including phenoxy) is 1. The van der Waals surface area contributed by atoms with Crippen LogP contribution in [0.15, 0.2) is 16.5 Å². The number of furan rings is 1. The van der Waals surface area contributed by atoms with E-state index >= 15 is 0 Å². The molecule has 1 aliphatic rings. The van der Waals surface area contributed by atoms with Gasteiger partial charge in [0.15, 0.2) is 5.76 Å². The first kappa shape index (κ1) is 15.6. The first-order valence-electron chi connectivity index (χ1n) is 7.27. The molecule has 0 bridgehead atoms. The fourth-order valence-corrected chi connectivity index (χ4v) is 2.73. The van der Waals surface area contributed by atoms with E-state index in [9.17, 15) is 9.59 Å². The van der Waals surface area contributed by atoms with Gasteiger partial charge in [-0.25, -0.2) is 4.79 Å². The lowest BCUT2D eigenvalue weighted by atomic mass is 9.86. The van der Waals surface area contributed by atoms with Gasteiger partial charge in [-0.2, -0.15) is 0 Å². The molecule has 0 saturated carbocycles. The molecule has 1 aliphatic heterocycles. The molecule has 2 rings (SSSR count). The smallest absolute Gasteiger partial charge is 0.371 e. The number of rotatable bonds is 5. The van der Waals surface area contributed by atoms with Crippen LogP contribution in [0.25, 0.3) is 0 Å².